The highest BCUT2D eigenvalue weighted by molar-refractivity contribution is 5.94. The van der Waals surface area contributed by atoms with Crippen molar-refractivity contribution in [1.82, 2.24) is 5.32 Å². The molecule has 1 amide bonds. The number of ether oxygens (including phenoxy) is 2. The molecule has 1 aliphatic carbocycles. The summed E-state index contributed by atoms with van der Waals surface area (Å²) in [5, 5.41) is 2.61. The van der Waals surface area contributed by atoms with Crippen LogP contribution in [0, 0.1) is 5.92 Å². The molecule has 1 unspecified atom stereocenters. The first kappa shape index (κ1) is 13.4. The van der Waals surface area contributed by atoms with Crippen molar-refractivity contribution in [3.8, 4) is 0 Å². The van der Waals surface area contributed by atoms with E-state index in [1.54, 1.807) is 13.2 Å². The monoisotopic (exact) mass is 284 g/mol. The second-order valence-corrected chi connectivity index (χ2v) is 4.86. The van der Waals surface area contributed by atoms with Crippen LogP contribution in [0.5, 0.6) is 0 Å². The number of amides is 1. The first-order valence-corrected chi connectivity index (χ1v) is 6.76. The molecule has 0 bridgehead atoms. The fourth-order valence-electron chi connectivity index (χ4n) is 2.37. The molecule has 108 valence electrons. The van der Waals surface area contributed by atoms with E-state index >= 15 is 0 Å². The summed E-state index contributed by atoms with van der Waals surface area (Å²) in [6.07, 6.45) is 3.66. The van der Waals surface area contributed by atoms with Crippen LogP contribution in [0.2, 0.25) is 0 Å². The van der Waals surface area contributed by atoms with Crippen LogP contribution in [0.4, 0.5) is 0 Å². The smallest absolute Gasteiger partial charge is 0.234 e. The maximum Gasteiger partial charge on any atom is 0.234 e. The Balaban J connectivity index is 1.79. The average molecular weight is 284 g/mol. The van der Waals surface area contributed by atoms with Crippen molar-refractivity contribution < 1.29 is 14.3 Å². The molecule has 1 aromatic rings. The van der Waals surface area contributed by atoms with Gasteiger partial charge in [0.15, 0.2) is 5.76 Å². The quantitative estimate of drug-likeness (QED) is 0.921. The number of fused-ring (bicyclic) bond motifs is 1. The molecule has 1 N–H and O–H groups in total. The summed E-state index contributed by atoms with van der Waals surface area (Å²) in [5.74, 6) is 0.952. The summed E-state index contributed by atoms with van der Waals surface area (Å²) in [4.78, 5) is 16.0. The van der Waals surface area contributed by atoms with E-state index in [0.29, 0.717) is 30.2 Å². The van der Waals surface area contributed by atoms with Gasteiger partial charge in [-0.3, -0.25) is 4.79 Å². The number of aliphatic imine (C=N–C) groups is 1. The number of nitrogens with zero attached hydrogens (tertiary/aromatic N) is 1. The Kier molecular flexibility index (Phi) is 3.73. The largest absolute Gasteiger partial charge is 0.497 e. The van der Waals surface area contributed by atoms with Crippen LogP contribution < -0.4 is 5.32 Å². The molecular formula is C16H16N2O3. The van der Waals surface area contributed by atoms with E-state index in [1.165, 1.54) is 6.34 Å². The van der Waals surface area contributed by atoms with Crippen molar-refractivity contribution in [2.75, 3.05) is 7.11 Å². The fraction of sp³-hybridized carbons (Fsp3) is 0.250. The van der Waals surface area contributed by atoms with E-state index in [0.717, 1.165) is 5.56 Å². The number of nitrogens with one attached hydrogen (secondary N) is 1. The molecule has 1 atom stereocenters. The minimum Gasteiger partial charge on any atom is -0.497 e. The van der Waals surface area contributed by atoms with Gasteiger partial charge in [0, 0.05) is 12.5 Å². The van der Waals surface area contributed by atoms with Gasteiger partial charge >= 0.3 is 0 Å². The third-order valence-corrected chi connectivity index (χ3v) is 3.52. The second kappa shape index (κ2) is 5.83. The molecule has 1 aliphatic heterocycles. The first-order valence-electron chi connectivity index (χ1n) is 6.76. The predicted molar refractivity (Wildman–Crippen MR) is 78.1 cm³/mol. The summed E-state index contributed by atoms with van der Waals surface area (Å²) in [5.41, 5.74) is 1.79. The van der Waals surface area contributed by atoms with E-state index in [4.69, 9.17) is 9.47 Å². The number of allylic oxidation sites excluding steroid dienone is 2. The van der Waals surface area contributed by atoms with Crippen LogP contribution in [-0.4, -0.2) is 19.4 Å². The molecule has 0 saturated carbocycles. The SMILES string of the molecule is COC1=C(OCc2ccccc2)C=C2N=CNC(=O)C2C1. The summed E-state index contributed by atoms with van der Waals surface area (Å²) in [6.45, 7) is 0.452. The van der Waals surface area contributed by atoms with Crippen molar-refractivity contribution in [3.05, 3.63) is 59.2 Å². The second-order valence-electron chi connectivity index (χ2n) is 4.86. The van der Waals surface area contributed by atoms with Gasteiger partial charge in [-0.15, -0.1) is 0 Å². The van der Waals surface area contributed by atoms with Crippen LogP contribution in [-0.2, 0) is 20.9 Å². The van der Waals surface area contributed by atoms with Crippen molar-refractivity contribution in [1.29, 1.82) is 0 Å². The van der Waals surface area contributed by atoms with E-state index in [9.17, 15) is 4.79 Å². The van der Waals surface area contributed by atoms with Gasteiger partial charge in [-0.05, 0) is 5.56 Å². The van der Waals surface area contributed by atoms with E-state index < -0.39 is 0 Å². The van der Waals surface area contributed by atoms with Crippen molar-refractivity contribution in [2.45, 2.75) is 13.0 Å². The Morgan fingerprint density at radius 1 is 1.33 bits per heavy atom. The molecule has 0 spiro atoms. The zero-order chi connectivity index (χ0) is 14.7. The molecule has 5 nitrogen and oxygen atoms in total. The zero-order valence-corrected chi connectivity index (χ0v) is 11.7. The van der Waals surface area contributed by atoms with E-state index in [1.807, 2.05) is 30.3 Å². The molecule has 0 fully saturated rings. The maximum absolute atomic E-state index is 11.8. The van der Waals surface area contributed by atoms with Gasteiger partial charge in [0.25, 0.3) is 0 Å². The molecule has 5 heteroatoms. The fourth-order valence-corrected chi connectivity index (χ4v) is 2.37. The predicted octanol–water partition coefficient (Wildman–Crippen LogP) is 2.12. The van der Waals surface area contributed by atoms with Gasteiger partial charge in [0.05, 0.1) is 25.1 Å². The van der Waals surface area contributed by atoms with Gasteiger partial charge < -0.3 is 14.8 Å². The molecule has 3 rings (SSSR count). The molecular weight excluding hydrogens is 268 g/mol. The van der Waals surface area contributed by atoms with Crippen molar-refractivity contribution in [3.63, 3.8) is 0 Å². The van der Waals surface area contributed by atoms with Gasteiger partial charge in [-0.25, -0.2) is 4.99 Å². The van der Waals surface area contributed by atoms with Gasteiger partial charge in [-0.1, -0.05) is 30.3 Å². The lowest BCUT2D eigenvalue weighted by atomic mass is 9.93. The van der Waals surface area contributed by atoms with Crippen LogP contribution in [0.1, 0.15) is 12.0 Å². The van der Waals surface area contributed by atoms with Crippen LogP contribution in [0.15, 0.2) is 58.6 Å². The molecule has 0 saturated heterocycles. The van der Waals surface area contributed by atoms with E-state index in [-0.39, 0.29) is 11.8 Å². The minimum atomic E-state index is -0.297. The Hall–Kier alpha value is -2.56. The standard InChI is InChI=1S/C16H16N2O3/c1-20-14-7-12-13(17-10-18-16(12)19)8-15(14)21-9-11-5-3-2-4-6-11/h2-6,8,10,12H,7,9H2,1H3,(H,17,18,19). The average Bonchev–Trinajstić information content (AvgIpc) is 2.53. The molecule has 21 heavy (non-hydrogen) atoms. The highest BCUT2D eigenvalue weighted by Crippen LogP contribution is 2.32. The zero-order valence-electron chi connectivity index (χ0n) is 11.7. The number of hydrogen-bond acceptors (Lipinski definition) is 4. The number of rotatable bonds is 4. The Morgan fingerprint density at radius 3 is 2.90 bits per heavy atom. The van der Waals surface area contributed by atoms with Crippen molar-refractivity contribution >= 4 is 12.2 Å². The van der Waals surface area contributed by atoms with Gasteiger partial charge in [0.1, 0.15) is 12.4 Å². The Labute approximate surface area is 123 Å². The number of carbonyl (C=O) groups excluding carboxylic acids is 1. The molecule has 1 heterocycles. The molecule has 1 aromatic carbocycles. The van der Waals surface area contributed by atoms with Crippen molar-refractivity contribution in [2.24, 2.45) is 10.9 Å². The van der Waals surface area contributed by atoms with Crippen LogP contribution >= 0.6 is 0 Å². The lowest BCUT2D eigenvalue weighted by Gasteiger charge is -2.26. The summed E-state index contributed by atoms with van der Waals surface area (Å²) in [6, 6.07) is 9.90. The Morgan fingerprint density at radius 2 is 2.14 bits per heavy atom. The third-order valence-electron chi connectivity index (χ3n) is 3.52. The first-order chi connectivity index (χ1) is 10.3. The molecule has 2 aliphatic rings. The lowest BCUT2D eigenvalue weighted by Crippen LogP contribution is -2.36. The van der Waals surface area contributed by atoms with Crippen LogP contribution in [0.25, 0.3) is 0 Å². The number of hydrogen-bond donors (Lipinski definition) is 1. The normalized spacial score (nSPS) is 20.5. The van der Waals surface area contributed by atoms with Crippen LogP contribution in [0.3, 0.4) is 0 Å². The summed E-state index contributed by atoms with van der Waals surface area (Å²) < 4.78 is 11.2. The summed E-state index contributed by atoms with van der Waals surface area (Å²) >= 11 is 0. The molecule has 0 radical (unpaired) electrons. The number of methoxy groups -OCH3 is 1. The lowest BCUT2D eigenvalue weighted by molar-refractivity contribution is -0.122. The number of benzene rings is 1. The van der Waals surface area contributed by atoms with E-state index in [2.05, 4.69) is 10.3 Å². The third kappa shape index (κ3) is 2.81. The highest BCUT2D eigenvalue weighted by atomic mass is 16.5. The maximum atomic E-state index is 11.8. The summed E-state index contributed by atoms with van der Waals surface area (Å²) in [7, 11) is 1.59. The minimum absolute atomic E-state index is 0.0621. The van der Waals surface area contributed by atoms with Gasteiger partial charge in [0.2, 0.25) is 5.91 Å². The highest BCUT2D eigenvalue weighted by Gasteiger charge is 2.32. The number of carbonyl (C=O) groups is 1. The van der Waals surface area contributed by atoms with Gasteiger partial charge in [-0.2, -0.15) is 0 Å². The Bertz CT molecular complexity index is 632. The topological polar surface area (TPSA) is 59.9 Å². The molecule has 0 aromatic heterocycles.